The molecule has 7 heteroatoms. The average molecular weight is 358 g/mol. The number of ether oxygens (including phenoxy) is 2. The van der Waals surface area contributed by atoms with Gasteiger partial charge in [-0.1, -0.05) is 6.07 Å². The first-order valence-corrected chi connectivity index (χ1v) is 8.82. The molecule has 1 aromatic carbocycles. The standard InChI is InChI=1S/C18H22N4O2S/c1-22(2)14(12-5-6-15(23-3)16(9-12)24-4)10-19-17-13-7-8-25-18(13)21-11-20-17/h5-9,11,14H,10H2,1-4H3,(H,19,20,21)/t14-/m0/s1. The van der Waals surface area contributed by atoms with E-state index in [0.717, 1.165) is 33.1 Å². The first-order chi connectivity index (χ1) is 12.1. The highest BCUT2D eigenvalue weighted by Gasteiger charge is 2.17. The van der Waals surface area contributed by atoms with Crippen LogP contribution in [0.2, 0.25) is 0 Å². The van der Waals surface area contributed by atoms with Crippen molar-refractivity contribution in [3.05, 3.63) is 41.5 Å². The third-order valence-corrected chi connectivity index (χ3v) is 4.96. The van der Waals surface area contributed by atoms with E-state index in [4.69, 9.17) is 9.47 Å². The maximum atomic E-state index is 5.43. The fraction of sp³-hybridized carbons (Fsp3) is 0.333. The third kappa shape index (κ3) is 3.67. The van der Waals surface area contributed by atoms with Gasteiger partial charge >= 0.3 is 0 Å². The molecule has 0 fully saturated rings. The minimum atomic E-state index is 0.156. The van der Waals surface area contributed by atoms with Crippen LogP contribution < -0.4 is 14.8 Å². The molecule has 0 spiro atoms. The van der Waals surface area contributed by atoms with Crippen LogP contribution in [0.25, 0.3) is 10.2 Å². The van der Waals surface area contributed by atoms with Crippen LogP contribution in [0.1, 0.15) is 11.6 Å². The smallest absolute Gasteiger partial charge is 0.161 e. The summed E-state index contributed by atoms with van der Waals surface area (Å²) >= 11 is 1.62. The summed E-state index contributed by atoms with van der Waals surface area (Å²) in [5.41, 5.74) is 1.14. The van der Waals surface area contributed by atoms with E-state index in [0.29, 0.717) is 6.54 Å². The van der Waals surface area contributed by atoms with Gasteiger partial charge in [0, 0.05) is 6.54 Å². The number of benzene rings is 1. The van der Waals surface area contributed by atoms with Crippen LogP contribution >= 0.6 is 11.3 Å². The van der Waals surface area contributed by atoms with Crippen LogP contribution in [-0.2, 0) is 0 Å². The van der Waals surface area contributed by atoms with Gasteiger partial charge < -0.3 is 19.7 Å². The van der Waals surface area contributed by atoms with E-state index < -0.39 is 0 Å². The largest absolute Gasteiger partial charge is 0.493 e. The van der Waals surface area contributed by atoms with Crippen LogP contribution in [0.3, 0.4) is 0 Å². The summed E-state index contributed by atoms with van der Waals surface area (Å²) in [5, 5.41) is 6.54. The molecule has 2 heterocycles. The number of aromatic nitrogens is 2. The number of thiophene rings is 1. The maximum absolute atomic E-state index is 5.43. The van der Waals surface area contributed by atoms with Crippen molar-refractivity contribution in [3.8, 4) is 11.5 Å². The van der Waals surface area contributed by atoms with E-state index in [-0.39, 0.29) is 6.04 Å². The quantitative estimate of drug-likeness (QED) is 0.698. The van der Waals surface area contributed by atoms with Gasteiger partial charge in [0.2, 0.25) is 0 Å². The lowest BCUT2D eigenvalue weighted by Gasteiger charge is -2.26. The van der Waals surface area contributed by atoms with Gasteiger partial charge in [0.05, 0.1) is 25.6 Å². The molecule has 1 atom stereocenters. The number of fused-ring (bicyclic) bond motifs is 1. The molecule has 0 aliphatic heterocycles. The van der Waals surface area contributed by atoms with Crippen LogP contribution in [0.5, 0.6) is 11.5 Å². The number of hydrogen-bond acceptors (Lipinski definition) is 7. The lowest BCUT2D eigenvalue weighted by Crippen LogP contribution is -2.27. The van der Waals surface area contributed by atoms with Gasteiger partial charge in [-0.2, -0.15) is 0 Å². The first kappa shape index (κ1) is 17.4. The van der Waals surface area contributed by atoms with E-state index in [1.165, 1.54) is 0 Å². The summed E-state index contributed by atoms with van der Waals surface area (Å²) in [7, 11) is 7.41. The molecule has 0 unspecified atom stereocenters. The fourth-order valence-corrected chi connectivity index (χ4v) is 3.52. The van der Waals surface area contributed by atoms with E-state index >= 15 is 0 Å². The van der Waals surface area contributed by atoms with Crippen molar-refractivity contribution in [1.29, 1.82) is 0 Å². The van der Waals surface area contributed by atoms with E-state index in [9.17, 15) is 0 Å². The van der Waals surface area contributed by atoms with Crippen molar-refractivity contribution in [2.45, 2.75) is 6.04 Å². The SMILES string of the molecule is COc1ccc([C@H](CNc2ncnc3sccc23)N(C)C)cc1OC. The summed E-state index contributed by atoms with van der Waals surface area (Å²) in [6.45, 7) is 0.713. The Hall–Kier alpha value is -2.38. The predicted octanol–water partition coefficient (Wildman–Crippen LogP) is 3.42. The zero-order valence-electron chi connectivity index (χ0n) is 14.8. The van der Waals surface area contributed by atoms with Crippen LogP contribution in [0.15, 0.2) is 36.0 Å². The Morgan fingerprint density at radius 2 is 1.92 bits per heavy atom. The van der Waals surface area contributed by atoms with Gasteiger partial charge in [-0.15, -0.1) is 11.3 Å². The highest BCUT2D eigenvalue weighted by Crippen LogP contribution is 2.32. The normalized spacial score (nSPS) is 12.4. The van der Waals surface area contributed by atoms with E-state index in [1.807, 2.05) is 23.6 Å². The number of nitrogens with one attached hydrogen (secondary N) is 1. The molecule has 0 radical (unpaired) electrons. The zero-order valence-corrected chi connectivity index (χ0v) is 15.6. The van der Waals surface area contributed by atoms with Crippen molar-refractivity contribution >= 4 is 27.4 Å². The monoisotopic (exact) mass is 358 g/mol. The molecule has 6 nitrogen and oxygen atoms in total. The Balaban J connectivity index is 1.83. The highest BCUT2D eigenvalue weighted by molar-refractivity contribution is 7.16. The first-order valence-electron chi connectivity index (χ1n) is 7.94. The van der Waals surface area contributed by atoms with Crippen molar-refractivity contribution < 1.29 is 9.47 Å². The Kier molecular flexibility index (Phi) is 5.35. The Labute approximate surface area is 151 Å². The van der Waals surface area contributed by atoms with Gasteiger partial charge in [-0.3, -0.25) is 0 Å². The summed E-state index contributed by atoms with van der Waals surface area (Å²) in [5.74, 6) is 2.32. The number of hydrogen-bond donors (Lipinski definition) is 1. The Morgan fingerprint density at radius 1 is 1.12 bits per heavy atom. The molecule has 2 aromatic heterocycles. The van der Waals surface area contributed by atoms with Gasteiger partial charge in [0.1, 0.15) is 17.0 Å². The number of rotatable bonds is 7. The molecule has 3 rings (SSSR count). The van der Waals surface area contributed by atoms with Crippen LogP contribution in [-0.4, -0.2) is 49.7 Å². The van der Waals surface area contributed by atoms with Crippen molar-refractivity contribution in [3.63, 3.8) is 0 Å². The molecule has 0 amide bonds. The third-order valence-electron chi connectivity index (χ3n) is 4.14. The van der Waals surface area contributed by atoms with Crippen molar-refractivity contribution in [1.82, 2.24) is 14.9 Å². The van der Waals surface area contributed by atoms with Gasteiger partial charge in [-0.05, 0) is 43.2 Å². The van der Waals surface area contributed by atoms with Crippen molar-refractivity contribution in [2.24, 2.45) is 0 Å². The topological polar surface area (TPSA) is 59.5 Å². The second-order valence-electron chi connectivity index (χ2n) is 5.84. The summed E-state index contributed by atoms with van der Waals surface area (Å²) < 4.78 is 10.8. The van der Waals surface area contributed by atoms with E-state index in [1.54, 1.807) is 31.9 Å². The fourth-order valence-electron chi connectivity index (χ4n) is 2.78. The second kappa shape index (κ2) is 7.67. The molecule has 132 valence electrons. The molecule has 25 heavy (non-hydrogen) atoms. The minimum absolute atomic E-state index is 0.156. The van der Waals surface area contributed by atoms with Gasteiger partial charge in [0.25, 0.3) is 0 Å². The predicted molar refractivity (Wildman–Crippen MR) is 102 cm³/mol. The Bertz CT molecular complexity index is 850. The van der Waals surface area contributed by atoms with Gasteiger partial charge in [0.15, 0.2) is 11.5 Å². The number of methoxy groups -OCH3 is 2. The summed E-state index contributed by atoms with van der Waals surface area (Å²) in [6, 6.07) is 8.22. The van der Waals surface area contributed by atoms with Crippen LogP contribution in [0, 0.1) is 0 Å². The molecule has 0 saturated carbocycles. The number of nitrogens with zero attached hydrogens (tertiary/aromatic N) is 3. The summed E-state index contributed by atoms with van der Waals surface area (Å²) in [4.78, 5) is 11.8. The van der Waals surface area contributed by atoms with Gasteiger partial charge in [-0.25, -0.2) is 9.97 Å². The molecular weight excluding hydrogens is 336 g/mol. The zero-order chi connectivity index (χ0) is 17.8. The summed E-state index contributed by atoms with van der Waals surface area (Å²) in [6.07, 6.45) is 1.60. The van der Waals surface area contributed by atoms with Crippen molar-refractivity contribution in [2.75, 3.05) is 40.2 Å². The number of anilines is 1. The molecule has 0 aliphatic carbocycles. The molecule has 1 N–H and O–H groups in total. The Morgan fingerprint density at radius 3 is 2.64 bits per heavy atom. The average Bonchev–Trinajstić information content (AvgIpc) is 3.11. The lowest BCUT2D eigenvalue weighted by molar-refractivity contribution is 0.308. The van der Waals surface area contributed by atoms with E-state index in [2.05, 4.69) is 40.3 Å². The van der Waals surface area contributed by atoms with Crippen LogP contribution in [0.4, 0.5) is 5.82 Å². The molecule has 3 aromatic rings. The highest BCUT2D eigenvalue weighted by atomic mass is 32.1. The maximum Gasteiger partial charge on any atom is 0.161 e. The lowest BCUT2D eigenvalue weighted by atomic mass is 10.0. The molecule has 0 aliphatic rings. The second-order valence-corrected chi connectivity index (χ2v) is 6.73. The molecule has 0 bridgehead atoms. The molecular formula is C18H22N4O2S. The molecule has 0 saturated heterocycles. The minimum Gasteiger partial charge on any atom is -0.493 e. The number of likely N-dealkylation sites (N-methyl/N-ethyl adjacent to an activating group) is 1.